The molecule has 0 radical (unpaired) electrons. The summed E-state index contributed by atoms with van der Waals surface area (Å²) < 4.78 is 0. The van der Waals surface area contributed by atoms with Crippen molar-refractivity contribution >= 4 is 11.8 Å². The minimum Gasteiger partial charge on any atom is -0.316 e. The van der Waals surface area contributed by atoms with Gasteiger partial charge in [0.05, 0.1) is 0 Å². The average molecular weight is 196 g/mol. The van der Waals surface area contributed by atoms with Crippen molar-refractivity contribution in [3.63, 3.8) is 0 Å². The number of hydrogen-bond donors (Lipinski definition) is 1. The van der Waals surface area contributed by atoms with Gasteiger partial charge in [0.15, 0.2) is 0 Å². The first-order valence-corrected chi connectivity index (χ1v) is 5.23. The van der Waals surface area contributed by atoms with Gasteiger partial charge in [0.25, 0.3) is 0 Å². The molecule has 2 heterocycles. The maximum absolute atomic E-state index is 11.5. The molecule has 2 saturated heterocycles. The van der Waals surface area contributed by atoms with Crippen LogP contribution in [0.5, 0.6) is 0 Å². The van der Waals surface area contributed by atoms with Crippen LogP contribution in [-0.4, -0.2) is 36.3 Å². The molecule has 1 unspecified atom stereocenters. The Labute approximate surface area is 83.6 Å². The summed E-state index contributed by atoms with van der Waals surface area (Å²) in [5.41, 5.74) is 0. The van der Waals surface area contributed by atoms with E-state index in [1.807, 2.05) is 6.92 Å². The molecule has 1 atom stereocenters. The molecule has 78 valence electrons. The number of likely N-dealkylation sites (tertiary alicyclic amines) is 1. The molecule has 0 aromatic heterocycles. The van der Waals surface area contributed by atoms with E-state index in [0.717, 1.165) is 19.5 Å². The third-order valence-electron chi connectivity index (χ3n) is 3.10. The fourth-order valence-electron chi connectivity index (χ4n) is 1.95. The van der Waals surface area contributed by atoms with Gasteiger partial charge in [-0.25, -0.2) is 0 Å². The van der Waals surface area contributed by atoms with Gasteiger partial charge in [0.1, 0.15) is 0 Å². The van der Waals surface area contributed by atoms with Crippen LogP contribution < -0.4 is 5.32 Å². The van der Waals surface area contributed by atoms with Gasteiger partial charge in [-0.1, -0.05) is 6.92 Å². The van der Waals surface area contributed by atoms with Gasteiger partial charge in [0.2, 0.25) is 11.8 Å². The Morgan fingerprint density at radius 1 is 1.43 bits per heavy atom. The minimum absolute atomic E-state index is 0.00906. The Balaban J connectivity index is 1.84. The zero-order chi connectivity index (χ0) is 10.1. The third kappa shape index (κ3) is 1.66. The van der Waals surface area contributed by atoms with E-state index in [4.69, 9.17) is 0 Å². The van der Waals surface area contributed by atoms with Gasteiger partial charge in [0, 0.05) is 18.9 Å². The second kappa shape index (κ2) is 3.69. The SMILES string of the molecule is CC1CC(=O)N(CCC2CNC2)C1=O. The molecule has 0 aromatic rings. The molecule has 4 nitrogen and oxygen atoms in total. The number of nitrogens with one attached hydrogen (secondary N) is 1. The van der Waals surface area contributed by atoms with Crippen LogP contribution in [0.15, 0.2) is 0 Å². The fraction of sp³-hybridized carbons (Fsp3) is 0.800. The van der Waals surface area contributed by atoms with Crippen molar-refractivity contribution in [1.82, 2.24) is 10.2 Å². The Hall–Kier alpha value is -0.900. The van der Waals surface area contributed by atoms with Crippen molar-refractivity contribution in [3.05, 3.63) is 0 Å². The Morgan fingerprint density at radius 3 is 2.57 bits per heavy atom. The van der Waals surface area contributed by atoms with Gasteiger partial charge in [-0.15, -0.1) is 0 Å². The molecule has 0 aliphatic carbocycles. The highest BCUT2D eigenvalue weighted by Crippen LogP contribution is 2.20. The Kier molecular flexibility index (Phi) is 2.54. The second-order valence-corrected chi connectivity index (χ2v) is 4.30. The summed E-state index contributed by atoms with van der Waals surface area (Å²) in [7, 11) is 0. The fourth-order valence-corrected chi connectivity index (χ4v) is 1.95. The summed E-state index contributed by atoms with van der Waals surface area (Å²) >= 11 is 0. The average Bonchev–Trinajstić information content (AvgIpc) is 2.28. The number of imide groups is 1. The van der Waals surface area contributed by atoms with Crippen LogP contribution in [-0.2, 0) is 9.59 Å². The molecule has 2 rings (SSSR count). The molecule has 0 bridgehead atoms. The highest BCUT2D eigenvalue weighted by Gasteiger charge is 2.35. The molecule has 2 aliphatic rings. The van der Waals surface area contributed by atoms with Crippen LogP contribution in [0.3, 0.4) is 0 Å². The molecule has 2 fully saturated rings. The molecule has 0 spiro atoms. The van der Waals surface area contributed by atoms with Crippen LogP contribution in [0, 0.1) is 11.8 Å². The molecule has 2 amide bonds. The van der Waals surface area contributed by atoms with E-state index in [0.29, 0.717) is 18.9 Å². The van der Waals surface area contributed by atoms with Crippen LogP contribution in [0.4, 0.5) is 0 Å². The summed E-state index contributed by atoms with van der Waals surface area (Å²) in [6.07, 6.45) is 1.36. The van der Waals surface area contributed by atoms with Gasteiger partial charge in [-0.2, -0.15) is 0 Å². The number of rotatable bonds is 3. The predicted molar refractivity (Wildman–Crippen MR) is 51.5 cm³/mol. The molecular formula is C10H16N2O2. The highest BCUT2D eigenvalue weighted by molar-refractivity contribution is 6.03. The van der Waals surface area contributed by atoms with Crippen molar-refractivity contribution < 1.29 is 9.59 Å². The smallest absolute Gasteiger partial charge is 0.232 e. The van der Waals surface area contributed by atoms with Gasteiger partial charge in [-0.3, -0.25) is 14.5 Å². The van der Waals surface area contributed by atoms with Gasteiger partial charge < -0.3 is 5.32 Å². The van der Waals surface area contributed by atoms with Crippen molar-refractivity contribution in [2.75, 3.05) is 19.6 Å². The lowest BCUT2D eigenvalue weighted by Gasteiger charge is -2.28. The summed E-state index contributed by atoms with van der Waals surface area (Å²) in [6, 6.07) is 0. The molecule has 1 N–H and O–H groups in total. The standard InChI is InChI=1S/C10H16N2O2/c1-7-4-9(13)12(10(7)14)3-2-8-5-11-6-8/h7-8,11H,2-6H2,1H3. The maximum atomic E-state index is 11.5. The summed E-state index contributed by atoms with van der Waals surface area (Å²) in [4.78, 5) is 24.4. The molecule has 0 saturated carbocycles. The first-order valence-electron chi connectivity index (χ1n) is 5.23. The van der Waals surface area contributed by atoms with Crippen LogP contribution >= 0.6 is 0 Å². The third-order valence-corrected chi connectivity index (χ3v) is 3.10. The van der Waals surface area contributed by atoms with Gasteiger partial charge in [-0.05, 0) is 25.4 Å². The van der Waals surface area contributed by atoms with Crippen LogP contribution in [0.2, 0.25) is 0 Å². The number of hydrogen-bond acceptors (Lipinski definition) is 3. The predicted octanol–water partition coefficient (Wildman–Crippen LogP) is -0.00910. The Morgan fingerprint density at radius 2 is 2.14 bits per heavy atom. The first-order chi connectivity index (χ1) is 6.68. The van der Waals surface area contributed by atoms with Crippen molar-refractivity contribution in [2.45, 2.75) is 19.8 Å². The molecule has 2 aliphatic heterocycles. The Bertz CT molecular complexity index is 261. The normalized spacial score (nSPS) is 28.4. The summed E-state index contributed by atoms with van der Waals surface area (Å²) in [5, 5.41) is 3.18. The summed E-state index contributed by atoms with van der Waals surface area (Å²) in [5.74, 6) is 0.589. The minimum atomic E-state index is -0.0954. The van der Waals surface area contributed by atoms with E-state index in [2.05, 4.69) is 5.32 Å². The van der Waals surface area contributed by atoms with Crippen LogP contribution in [0.1, 0.15) is 19.8 Å². The first kappa shape index (κ1) is 9.65. The van der Waals surface area contributed by atoms with Crippen molar-refractivity contribution in [3.8, 4) is 0 Å². The van der Waals surface area contributed by atoms with Crippen molar-refractivity contribution in [1.29, 1.82) is 0 Å². The highest BCUT2D eigenvalue weighted by atomic mass is 16.2. The molecule has 14 heavy (non-hydrogen) atoms. The number of amides is 2. The van der Waals surface area contributed by atoms with Crippen molar-refractivity contribution in [2.24, 2.45) is 11.8 Å². The molecular weight excluding hydrogens is 180 g/mol. The topological polar surface area (TPSA) is 49.4 Å². The van der Waals surface area contributed by atoms with Crippen LogP contribution in [0.25, 0.3) is 0 Å². The van der Waals surface area contributed by atoms with E-state index in [1.165, 1.54) is 4.90 Å². The maximum Gasteiger partial charge on any atom is 0.232 e. The lowest BCUT2D eigenvalue weighted by molar-refractivity contribution is -0.139. The van der Waals surface area contributed by atoms with E-state index in [1.54, 1.807) is 0 Å². The molecule has 0 aromatic carbocycles. The van der Waals surface area contributed by atoms with E-state index in [9.17, 15) is 9.59 Å². The quantitative estimate of drug-likeness (QED) is 0.646. The number of nitrogens with zero attached hydrogens (tertiary/aromatic N) is 1. The van der Waals surface area contributed by atoms with E-state index in [-0.39, 0.29) is 17.7 Å². The number of carbonyl (C=O) groups excluding carboxylic acids is 2. The summed E-state index contributed by atoms with van der Waals surface area (Å²) in [6.45, 7) is 4.51. The lowest BCUT2D eigenvalue weighted by Crippen LogP contribution is -2.44. The second-order valence-electron chi connectivity index (χ2n) is 4.30. The monoisotopic (exact) mass is 196 g/mol. The largest absolute Gasteiger partial charge is 0.316 e. The number of carbonyl (C=O) groups is 2. The zero-order valence-electron chi connectivity index (χ0n) is 8.45. The van der Waals surface area contributed by atoms with Gasteiger partial charge >= 0.3 is 0 Å². The lowest BCUT2D eigenvalue weighted by atomic mass is 9.99. The van der Waals surface area contributed by atoms with E-state index >= 15 is 0 Å². The zero-order valence-corrected chi connectivity index (χ0v) is 8.45. The molecule has 4 heteroatoms. The van der Waals surface area contributed by atoms with E-state index < -0.39 is 0 Å².